The summed E-state index contributed by atoms with van der Waals surface area (Å²) in [4.78, 5) is 24.9. The first-order valence-electron chi connectivity index (χ1n) is 16.1. The molecule has 3 saturated heterocycles. The lowest BCUT2D eigenvalue weighted by Crippen LogP contribution is -2.56. The van der Waals surface area contributed by atoms with Gasteiger partial charge in [0, 0.05) is 30.4 Å². The Labute approximate surface area is 273 Å². The molecule has 248 valence electrons. The van der Waals surface area contributed by atoms with Crippen LogP contribution in [0.4, 0.5) is 25.2 Å². The highest BCUT2D eigenvalue weighted by atomic mass is 19.3. The predicted molar refractivity (Wildman–Crippen MR) is 172 cm³/mol. The van der Waals surface area contributed by atoms with Crippen LogP contribution in [0.1, 0.15) is 57.1 Å². The molecule has 10 nitrogen and oxygen atoms in total. The van der Waals surface area contributed by atoms with Gasteiger partial charge in [-0.3, -0.25) is 4.90 Å². The summed E-state index contributed by atoms with van der Waals surface area (Å²) in [7, 11) is 0. The number of aromatic nitrogens is 2. The summed E-state index contributed by atoms with van der Waals surface area (Å²) in [6, 6.07) is 17.5. The molecule has 3 aromatic rings. The Morgan fingerprint density at radius 3 is 2.45 bits per heavy atom. The van der Waals surface area contributed by atoms with Crippen LogP contribution in [-0.4, -0.2) is 88.9 Å². The lowest BCUT2D eigenvalue weighted by molar-refractivity contribution is -0.137. The third kappa shape index (κ3) is 7.80. The Morgan fingerprint density at radius 1 is 1.06 bits per heavy atom. The van der Waals surface area contributed by atoms with E-state index in [9.17, 15) is 10.1 Å². The van der Waals surface area contributed by atoms with E-state index in [2.05, 4.69) is 38.4 Å². The molecular weight excluding hydrogens is 606 g/mol. The van der Waals surface area contributed by atoms with Crippen LogP contribution >= 0.6 is 0 Å². The second-order valence-electron chi connectivity index (χ2n) is 13.4. The van der Waals surface area contributed by atoms with Crippen molar-refractivity contribution >= 4 is 17.7 Å². The average Bonchev–Trinajstić information content (AvgIpc) is 3.01. The molecule has 1 atom stereocenters. The van der Waals surface area contributed by atoms with Crippen LogP contribution in [0.2, 0.25) is 0 Å². The number of nitrogens with one attached hydrogen (secondary N) is 1. The van der Waals surface area contributed by atoms with Crippen LogP contribution in [0.5, 0.6) is 5.75 Å². The third-order valence-corrected chi connectivity index (χ3v) is 8.81. The topological polar surface area (TPSA) is 113 Å². The second-order valence-corrected chi connectivity index (χ2v) is 13.4. The number of benzene rings is 2. The molecular formula is C35H40F2N6O4. The number of ether oxygens (including phenoxy) is 3. The first kappa shape index (κ1) is 32.6. The van der Waals surface area contributed by atoms with Gasteiger partial charge in [0.25, 0.3) is 0 Å². The number of likely N-dealkylation sites (tertiary alicyclic amines) is 2. The number of amides is 1. The van der Waals surface area contributed by atoms with E-state index in [1.807, 2.05) is 12.1 Å². The van der Waals surface area contributed by atoms with Gasteiger partial charge in [-0.05, 0) is 94.6 Å². The van der Waals surface area contributed by atoms with E-state index in [1.165, 1.54) is 11.6 Å². The number of carbonyl (C=O) groups is 1. The zero-order valence-electron chi connectivity index (χ0n) is 26.9. The Balaban J connectivity index is 1.08. The smallest absolute Gasteiger partial charge is 0.410 e. The molecule has 3 aliphatic rings. The molecule has 12 heteroatoms. The summed E-state index contributed by atoms with van der Waals surface area (Å²) in [5, 5.41) is 13.1. The number of rotatable bonds is 7. The number of anilines is 2. The first-order chi connectivity index (χ1) is 22.5. The fourth-order valence-corrected chi connectivity index (χ4v) is 6.16. The van der Waals surface area contributed by atoms with Crippen LogP contribution in [0, 0.1) is 11.3 Å². The van der Waals surface area contributed by atoms with Gasteiger partial charge in [-0.15, -0.1) is 0 Å². The van der Waals surface area contributed by atoms with Crippen molar-refractivity contribution < 1.29 is 27.8 Å². The summed E-state index contributed by atoms with van der Waals surface area (Å²) >= 11 is 0. The van der Waals surface area contributed by atoms with Crippen molar-refractivity contribution in [1.82, 2.24) is 19.8 Å². The highest BCUT2D eigenvalue weighted by molar-refractivity contribution is 5.68. The minimum absolute atomic E-state index is 0.0434. The molecule has 47 heavy (non-hydrogen) atoms. The molecule has 0 radical (unpaired) electrons. The SMILES string of the molecule is CC(C)(C)OC(=O)N1CCC(Oc2ccc(-c3ccnc(Nc4ccc(C5CCN(C6COC6)CC5)cc4)n3)cc2C#N)C(F)(F)C1. The Kier molecular flexibility index (Phi) is 9.30. The summed E-state index contributed by atoms with van der Waals surface area (Å²) < 4.78 is 46.5. The van der Waals surface area contributed by atoms with Crippen LogP contribution in [0.15, 0.2) is 54.7 Å². The number of hydrogen-bond acceptors (Lipinski definition) is 9. The van der Waals surface area contributed by atoms with E-state index in [0.717, 1.165) is 49.7 Å². The molecule has 1 unspecified atom stereocenters. The second kappa shape index (κ2) is 13.4. The van der Waals surface area contributed by atoms with E-state index < -0.39 is 30.3 Å². The van der Waals surface area contributed by atoms with E-state index in [0.29, 0.717) is 29.2 Å². The molecule has 4 heterocycles. The fourth-order valence-electron chi connectivity index (χ4n) is 6.16. The van der Waals surface area contributed by atoms with Gasteiger partial charge in [0.05, 0.1) is 37.1 Å². The van der Waals surface area contributed by atoms with E-state index in [1.54, 1.807) is 45.2 Å². The van der Waals surface area contributed by atoms with Gasteiger partial charge in [-0.25, -0.2) is 23.5 Å². The molecule has 0 aliphatic carbocycles. The molecule has 1 aromatic heterocycles. The summed E-state index contributed by atoms with van der Waals surface area (Å²) in [6.07, 6.45) is 1.49. The highest BCUT2D eigenvalue weighted by Crippen LogP contribution is 2.35. The number of nitrogens with zero attached hydrogens (tertiary/aromatic N) is 5. The standard InChI is InChI=1S/C35H40F2N6O4/c1-34(2,3)47-33(44)43-17-13-31(35(36,37)22-43)46-30-9-6-25(18-26(30)19-38)29-10-14-39-32(41-29)40-27-7-4-23(5-8-27)24-11-15-42(16-12-24)28-20-45-21-28/h4-10,14,18,24,28,31H,11-13,15-17,20-22H2,1-3H3,(H,39,40,41). The number of halogens is 2. The zero-order chi connectivity index (χ0) is 33.2. The lowest BCUT2D eigenvalue weighted by Gasteiger charge is -2.41. The largest absolute Gasteiger partial charge is 0.483 e. The lowest BCUT2D eigenvalue weighted by atomic mass is 9.88. The number of alkyl halides is 2. The monoisotopic (exact) mass is 646 g/mol. The van der Waals surface area contributed by atoms with E-state index >= 15 is 8.78 Å². The van der Waals surface area contributed by atoms with E-state index in [-0.39, 0.29) is 24.3 Å². The summed E-state index contributed by atoms with van der Waals surface area (Å²) in [5.74, 6) is -2.36. The van der Waals surface area contributed by atoms with Gasteiger partial charge >= 0.3 is 12.0 Å². The van der Waals surface area contributed by atoms with Gasteiger partial charge in [-0.1, -0.05) is 12.1 Å². The average molecular weight is 647 g/mol. The normalized spacial score (nSPS) is 20.6. The van der Waals surface area contributed by atoms with Gasteiger partial charge in [0.15, 0.2) is 6.10 Å². The van der Waals surface area contributed by atoms with Crippen molar-refractivity contribution in [3.8, 4) is 23.1 Å². The maximum absolute atomic E-state index is 15.1. The van der Waals surface area contributed by atoms with Crippen molar-refractivity contribution in [3.05, 3.63) is 65.9 Å². The van der Waals surface area contributed by atoms with Crippen molar-refractivity contribution in [2.45, 2.75) is 69.6 Å². The van der Waals surface area contributed by atoms with E-state index in [4.69, 9.17) is 14.2 Å². The first-order valence-corrected chi connectivity index (χ1v) is 16.1. The highest BCUT2D eigenvalue weighted by Gasteiger charge is 2.48. The van der Waals surface area contributed by atoms with Gasteiger partial charge < -0.3 is 24.4 Å². The van der Waals surface area contributed by atoms with Crippen molar-refractivity contribution in [3.63, 3.8) is 0 Å². The number of carbonyl (C=O) groups excluding carboxylic acids is 1. The molecule has 0 bridgehead atoms. The minimum atomic E-state index is -3.34. The quantitative estimate of drug-likeness (QED) is 0.313. The number of piperidine rings is 2. The number of hydrogen-bond donors (Lipinski definition) is 1. The van der Waals surface area contributed by atoms with Crippen molar-refractivity contribution in [2.75, 3.05) is 44.7 Å². The molecule has 3 aliphatic heterocycles. The maximum atomic E-state index is 15.1. The Morgan fingerprint density at radius 2 is 1.81 bits per heavy atom. The molecule has 0 spiro atoms. The maximum Gasteiger partial charge on any atom is 0.410 e. The van der Waals surface area contributed by atoms with Crippen LogP contribution in [0.3, 0.4) is 0 Å². The molecule has 1 amide bonds. The van der Waals surface area contributed by atoms with Gasteiger partial charge in [0.1, 0.15) is 17.4 Å². The van der Waals surface area contributed by atoms with Crippen molar-refractivity contribution in [2.24, 2.45) is 0 Å². The Hall–Kier alpha value is -4.34. The van der Waals surface area contributed by atoms with Crippen LogP contribution < -0.4 is 10.1 Å². The molecule has 6 rings (SSSR count). The van der Waals surface area contributed by atoms with Crippen LogP contribution in [0.25, 0.3) is 11.3 Å². The van der Waals surface area contributed by atoms with Crippen LogP contribution in [-0.2, 0) is 9.47 Å². The molecule has 3 fully saturated rings. The van der Waals surface area contributed by atoms with Crippen molar-refractivity contribution in [1.29, 1.82) is 5.26 Å². The molecule has 0 saturated carbocycles. The predicted octanol–water partition coefficient (Wildman–Crippen LogP) is 6.36. The zero-order valence-corrected chi connectivity index (χ0v) is 26.9. The van der Waals surface area contributed by atoms with Gasteiger partial charge in [0.2, 0.25) is 5.95 Å². The summed E-state index contributed by atoms with van der Waals surface area (Å²) in [5.41, 5.74) is 2.66. The molecule has 2 aromatic carbocycles. The minimum Gasteiger partial charge on any atom is -0.483 e. The Bertz CT molecular complexity index is 1610. The number of nitriles is 1. The summed E-state index contributed by atoms with van der Waals surface area (Å²) in [6.45, 7) is 8.17. The molecule has 1 N–H and O–H groups in total. The van der Waals surface area contributed by atoms with Gasteiger partial charge in [-0.2, -0.15) is 5.26 Å². The fraction of sp³-hybridized carbons (Fsp3) is 0.486. The third-order valence-electron chi connectivity index (χ3n) is 8.81.